The van der Waals surface area contributed by atoms with Gasteiger partial charge in [-0.2, -0.15) is 0 Å². The van der Waals surface area contributed by atoms with Crippen molar-refractivity contribution < 1.29 is 9.53 Å². The van der Waals surface area contributed by atoms with E-state index in [2.05, 4.69) is 10.3 Å². The van der Waals surface area contributed by atoms with Crippen molar-refractivity contribution in [2.24, 2.45) is 0 Å². The van der Waals surface area contributed by atoms with Crippen molar-refractivity contribution >= 4 is 17.3 Å². The Bertz CT molecular complexity index is 353. The molecular weight excluding hydrogens is 248 g/mol. The van der Waals surface area contributed by atoms with Gasteiger partial charge < -0.3 is 10.1 Å². The number of nitrogens with one attached hydrogen (secondary N) is 1. The van der Waals surface area contributed by atoms with Crippen molar-refractivity contribution in [2.45, 2.75) is 46.1 Å². The van der Waals surface area contributed by atoms with Crippen molar-refractivity contribution in [1.29, 1.82) is 0 Å². The average molecular weight is 270 g/mol. The number of carbonyl (C=O) groups excluding carboxylic acids is 1. The van der Waals surface area contributed by atoms with E-state index in [9.17, 15) is 4.79 Å². The number of esters is 1. The van der Waals surface area contributed by atoms with E-state index >= 15 is 0 Å². The molecule has 4 nitrogen and oxygen atoms in total. The Labute approximate surface area is 113 Å². The molecule has 1 aromatic rings. The van der Waals surface area contributed by atoms with Crippen molar-refractivity contribution in [3.05, 3.63) is 16.1 Å². The van der Waals surface area contributed by atoms with E-state index in [4.69, 9.17) is 4.74 Å². The molecule has 0 amide bonds. The molecule has 1 aromatic heterocycles. The Morgan fingerprint density at radius 2 is 2.28 bits per heavy atom. The van der Waals surface area contributed by atoms with Crippen LogP contribution in [0.5, 0.6) is 0 Å². The van der Waals surface area contributed by atoms with Gasteiger partial charge in [0.25, 0.3) is 0 Å². The molecule has 0 radical (unpaired) electrons. The zero-order valence-corrected chi connectivity index (χ0v) is 12.0. The van der Waals surface area contributed by atoms with Crippen molar-refractivity contribution in [2.75, 3.05) is 13.2 Å². The second-order valence-electron chi connectivity index (χ2n) is 4.14. The quantitative estimate of drug-likeness (QED) is 0.553. The highest BCUT2D eigenvalue weighted by Crippen LogP contribution is 2.10. The fourth-order valence-corrected chi connectivity index (χ4v) is 2.39. The zero-order chi connectivity index (χ0) is 13.2. The van der Waals surface area contributed by atoms with Crippen molar-refractivity contribution in [1.82, 2.24) is 10.3 Å². The lowest BCUT2D eigenvalue weighted by molar-refractivity contribution is -0.143. The van der Waals surface area contributed by atoms with E-state index in [1.807, 2.05) is 20.0 Å². The van der Waals surface area contributed by atoms with Crippen LogP contribution in [0.4, 0.5) is 0 Å². The summed E-state index contributed by atoms with van der Waals surface area (Å²) in [7, 11) is 0. The third-order valence-corrected chi connectivity index (χ3v) is 3.42. The number of ether oxygens (including phenoxy) is 1. The fraction of sp³-hybridized carbons (Fsp3) is 0.692. The molecule has 18 heavy (non-hydrogen) atoms. The molecule has 0 aromatic carbocycles. The highest BCUT2D eigenvalue weighted by Gasteiger charge is 2.01. The molecule has 102 valence electrons. The van der Waals surface area contributed by atoms with Gasteiger partial charge in [0.15, 0.2) is 0 Å². The standard InChI is InChI=1S/C13H22N2O2S/c1-3-17-13(16)7-5-4-6-8-14-9-12-10-15-11(2)18-12/h10,14H,3-9H2,1-2H3. The highest BCUT2D eigenvalue weighted by atomic mass is 32.1. The summed E-state index contributed by atoms with van der Waals surface area (Å²) in [6, 6.07) is 0. The van der Waals surface area contributed by atoms with Crippen LogP contribution < -0.4 is 5.32 Å². The minimum absolute atomic E-state index is 0.0782. The van der Waals surface area contributed by atoms with Gasteiger partial charge in [0.1, 0.15) is 0 Å². The molecule has 0 unspecified atom stereocenters. The molecule has 0 aliphatic rings. The molecule has 5 heteroatoms. The Kier molecular flexibility index (Phi) is 7.60. The second kappa shape index (κ2) is 9.05. The van der Waals surface area contributed by atoms with Crippen LogP contribution in [0.25, 0.3) is 0 Å². The fourth-order valence-electron chi connectivity index (χ4n) is 1.63. The van der Waals surface area contributed by atoms with Gasteiger partial charge in [0.05, 0.1) is 11.6 Å². The summed E-state index contributed by atoms with van der Waals surface area (Å²) in [6.45, 7) is 6.21. The van der Waals surface area contributed by atoms with E-state index < -0.39 is 0 Å². The van der Waals surface area contributed by atoms with Gasteiger partial charge in [-0.05, 0) is 33.2 Å². The first-order valence-electron chi connectivity index (χ1n) is 6.50. The molecule has 1 N–H and O–H groups in total. The van der Waals surface area contributed by atoms with Crippen LogP contribution in [0.15, 0.2) is 6.20 Å². The van der Waals surface area contributed by atoms with Crippen LogP contribution in [0.1, 0.15) is 42.5 Å². The number of hydrogen-bond donors (Lipinski definition) is 1. The number of nitrogens with zero attached hydrogens (tertiary/aromatic N) is 1. The van der Waals surface area contributed by atoms with E-state index in [1.165, 1.54) is 4.88 Å². The van der Waals surface area contributed by atoms with Gasteiger partial charge >= 0.3 is 5.97 Å². The van der Waals surface area contributed by atoms with Crippen LogP contribution in [-0.2, 0) is 16.1 Å². The van der Waals surface area contributed by atoms with Gasteiger partial charge in [0.2, 0.25) is 0 Å². The predicted octanol–water partition coefficient (Wildman–Crippen LogP) is 2.66. The molecular formula is C13H22N2O2S. The maximum Gasteiger partial charge on any atom is 0.305 e. The van der Waals surface area contributed by atoms with Crippen molar-refractivity contribution in [3.8, 4) is 0 Å². The molecule has 0 spiro atoms. The number of rotatable bonds is 9. The number of aryl methyl sites for hydroxylation is 1. The monoisotopic (exact) mass is 270 g/mol. The van der Waals surface area contributed by atoms with Gasteiger partial charge in [-0.3, -0.25) is 4.79 Å². The first-order chi connectivity index (χ1) is 8.72. The predicted molar refractivity (Wildman–Crippen MR) is 73.7 cm³/mol. The summed E-state index contributed by atoms with van der Waals surface area (Å²) < 4.78 is 4.87. The summed E-state index contributed by atoms with van der Waals surface area (Å²) >= 11 is 1.73. The maximum absolute atomic E-state index is 11.1. The van der Waals surface area contributed by atoms with Crippen LogP contribution in [-0.4, -0.2) is 24.1 Å². The van der Waals surface area contributed by atoms with E-state index in [0.29, 0.717) is 13.0 Å². The highest BCUT2D eigenvalue weighted by molar-refractivity contribution is 7.11. The molecule has 0 fully saturated rings. The summed E-state index contributed by atoms with van der Waals surface area (Å²) in [5.74, 6) is -0.0782. The number of aromatic nitrogens is 1. The lowest BCUT2D eigenvalue weighted by atomic mass is 10.2. The van der Waals surface area contributed by atoms with Gasteiger partial charge in [-0.1, -0.05) is 6.42 Å². The molecule has 0 aliphatic heterocycles. The Morgan fingerprint density at radius 1 is 1.44 bits per heavy atom. The Balaban J connectivity index is 1.91. The Morgan fingerprint density at radius 3 is 2.94 bits per heavy atom. The minimum atomic E-state index is -0.0782. The lowest BCUT2D eigenvalue weighted by Gasteiger charge is -2.03. The van der Waals surface area contributed by atoms with Gasteiger partial charge in [-0.15, -0.1) is 11.3 Å². The number of thiazole rings is 1. The average Bonchev–Trinajstić information content (AvgIpc) is 2.74. The van der Waals surface area contributed by atoms with Crippen LogP contribution >= 0.6 is 11.3 Å². The molecule has 0 saturated heterocycles. The molecule has 0 aliphatic carbocycles. The Hall–Kier alpha value is -0.940. The normalized spacial score (nSPS) is 10.6. The zero-order valence-electron chi connectivity index (χ0n) is 11.2. The molecule has 1 rings (SSSR count). The first kappa shape index (κ1) is 15.1. The number of hydrogen-bond acceptors (Lipinski definition) is 5. The molecule has 0 bridgehead atoms. The summed E-state index contributed by atoms with van der Waals surface area (Å²) in [5.41, 5.74) is 0. The summed E-state index contributed by atoms with van der Waals surface area (Å²) in [6.07, 6.45) is 5.54. The molecule has 1 heterocycles. The van der Waals surface area contributed by atoms with E-state index in [1.54, 1.807) is 11.3 Å². The van der Waals surface area contributed by atoms with Crippen LogP contribution in [0, 0.1) is 6.92 Å². The first-order valence-corrected chi connectivity index (χ1v) is 7.31. The molecule has 0 atom stereocenters. The smallest absolute Gasteiger partial charge is 0.305 e. The number of unbranched alkanes of at least 4 members (excludes halogenated alkanes) is 2. The summed E-state index contributed by atoms with van der Waals surface area (Å²) in [4.78, 5) is 16.6. The SMILES string of the molecule is CCOC(=O)CCCCCNCc1cnc(C)s1. The number of carbonyl (C=O) groups is 1. The summed E-state index contributed by atoms with van der Waals surface area (Å²) in [5, 5.41) is 4.49. The lowest BCUT2D eigenvalue weighted by Crippen LogP contribution is -2.14. The molecule has 0 saturated carbocycles. The third-order valence-electron chi connectivity index (χ3n) is 2.51. The second-order valence-corrected chi connectivity index (χ2v) is 5.46. The largest absolute Gasteiger partial charge is 0.466 e. The van der Waals surface area contributed by atoms with E-state index in [-0.39, 0.29) is 5.97 Å². The topological polar surface area (TPSA) is 51.2 Å². The van der Waals surface area contributed by atoms with Gasteiger partial charge in [0, 0.05) is 24.0 Å². The minimum Gasteiger partial charge on any atom is -0.466 e. The van der Waals surface area contributed by atoms with Crippen LogP contribution in [0.2, 0.25) is 0 Å². The van der Waals surface area contributed by atoms with Crippen LogP contribution in [0.3, 0.4) is 0 Å². The van der Waals surface area contributed by atoms with Gasteiger partial charge in [-0.25, -0.2) is 4.98 Å². The van der Waals surface area contributed by atoms with E-state index in [0.717, 1.165) is 37.4 Å². The van der Waals surface area contributed by atoms with Crippen molar-refractivity contribution in [3.63, 3.8) is 0 Å². The maximum atomic E-state index is 11.1. The third kappa shape index (κ3) is 6.71.